The summed E-state index contributed by atoms with van der Waals surface area (Å²) in [6.45, 7) is 4.25. The van der Waals surface area contributed by atoms with Crippen molar-refractivity contribution in [1.29, 1.82) is 0 Å². The average molecular weight is 293 g/mol. The molecule has 2 nitrogen and oxygen atoms in total. The van der Waals surface area contributed by atoms with E-state index in [-0.39, 0.29) is 12.2 Å². The van der Waals surface area contributed by atoms with E-state index in [0.29, 0.717) is 18.4 Å². The fraction of sp³-hybridized carbons (Fsp3) is 0.125. The van der Waals surface area contributed by atoms with Crippen LogP contribution in [0.25, 0.3) is 0 Å². The Morgan fingerprint density at radius 3 is 2.33 bits per heavy atom. The van der Waals surface area contributed by atoms with Gasteiger partial charge in [-0.2, -0.15) is 0 Å². The van der Waals surface area contributed by atoms with Gasteiger partial charge in [0.2, 0.25) is 0 Å². The molecule has 0 unspecified atom stereocenters. The number of rotatable bonds is 6. The van der Waals surface area contributed by atoms with Crippen molar-refractivity contribution < 1.29 is 17.9 Å². The lowest BCUT2D eigenvalue weighted by atomic mass is 10.2. The van der Waals surface area contributed by atoms with Crippen LogP contribution in [0.3, 0.4) is 0 Å². The molecule has 110 valence electrons. The Bertz CT molecular complexity index is 626. The Kier molecular flexibility index (Phi) is 4.87. The zero-order valence-corrected chi connectivity index (χ0v) is 11.2. The number of hydrogen-bond acceptors (Lipinski definition) is 2. The largest absolute Gasteiger partial charge is 0.490 e. The van der Waals surface area contributed by atoms with Crippen LogP contribution in [0.5, 0.6) is 5.75 Å². The molecule has 2 aromatic carbocycles. The van der Waals surface area contributed by atoms with Gasteiger partial charge in [-0.25, -0.2) is 13.2 Å². The van der Waals surface area contributed by atoms with E-state index < -0.39 is 17.5 Å². The number of halogens is 3. The minimum Gasteiger partial charge on any atom is -0.490 e. The maximum absolute atomic E-state index is 13.4. The molecule has 5 heteroatoms. The van der Waals surface area contributed by atoms with Gasteiger partial charge in [0.25, 0.3) is 0 Å². The van der Waals surface area contributed by atoms with Crippen molar-refractivity contribution >= 4 is 5.69 Å². The Morgan fingerprint density at radius 1 is 1.00 bits per heavy atom. The number of benzene rings is 2. The molecule has 0 aliphatic rings. The summed E-state index contributed by atoms with van der Waals surface area (Å²) in [5.41, 5.74) is 0.769. The van der Waals surface area contributed by atoms with E-state index in [1.807, 2.05) is 0 Å². The van der Waals surface area contributed by atoms with E-state index in [1.165, 1.54) is 0 Å². The summed E-state index contributed by atoms with van der Waals surface area (Å²) >= 11 is 0. The number of hydrogen-bond donors (Lipinski definition) is 1. The highest BCUT2D eigenvalue weighted by Crippen LogP contribution is 2.20. The van der Waals surface area contributed by atoms with Gasteiger partial charge in [0.15, 0.2) is 11.6 Å². The first-order valence-electron chi connectivity index (χ1n) is 6.31. The van der Waals surface area contributed by atoms with Crippen LogP contribution in [0.4, 0.5) is 18.9 Å². The van der Waals surface area contributed by atoms with Crippen LogP contribution in [0.2, 0.25) is 0 Å². The van der Waals surface area contributed by atoms with Crippen LogP contribution < -0.4 is 10.1 Å². The van der Waals surface area contributed by atoms with Crippen molar-refractivity contribution in [2.45, 2.75) is 6.54 Å². The SMILES string of the molecule is C=CCOc1ccc(CNc2cc(F)c(F)cc2F)cc1. The lowest BCUT2D eigenvalue weighted by Gasteiger charge is -2.09. The van der Waals surface area contributed by atoms with Gasteiger partial charge in [0.1, 0.15) is 18.2 Å². The van der Waals surface area contributed by atoms with Crippen molar-refractivity contribution in [1.82, 2.24) is 0 Å². The quantitative estimate of drug-likeness (QED) is 0.634. The van der Waals surface area contributed by atoms with Gasteiger partial charge in [-0.1, -0.05) is 24.8 Å². The molecular weight excluding hydrogens is 279 g/mol. The van der Waals surface area contributed by atoms with Gasteiger partial charge >= 0.3 is 0 Å². The molecule has 0 saturated carbocycles. The molecule has 1 N–H and O–H groups in total. The van der Waals surface area contributed by atoms with Gasteiger partial charge in [-0.15, -0.1) is 0 Å². The molecule has 0 aliphatic heterocycles. The third-order valence-corrected chi connectivity index (χ3v) is 2.78. The highest BCUT2D eigenvalue weighted by Gasteiger charge is 2.09. The second-order valence-electron chi connectivity index (χ2n) is 4.34. The summed E-state index contributed by atoms with van der Waals surface area (Å²) in [5, 5.41) is 2.72. The highest BCUT2D eigenvalue weighted by atomic mass is 19.2. The summed E-state index contributed by atoms with van der Waals surface area (Å²) in [7, 11) is 0. The van der Waals surface area contributed by atoms with Gasteiger partial charge in [0.05, 0.1) is 5.69 Å². The minimum atomic E-state index is -1.21. The van der Waals surface area contributed by atoms with Crippen LogP contribution in [-0.4, -0.2) is 6.61 Å². The van der Waals surface area contributed by atoms with Crippen LogP contribution in [-0.2, 0) is 6.54 Å². The smallest absolute Gasteiger partial charge is 0.161 e. The minimum absolute atomic E-state index is 0.0825. The Balaban J connectivity index is 1.99. The molecule has 0 fully saturated rings. The molecular formula is C16H14F3NO. The normalized spacial score (nSPS) is 10.2. The molecule has 0 aromatic heterocycles. The van der Waals surface area contributed by atoms with E-state index >= 15 is 0 Å². The summed E-state index contributed by atoms with van der Waals surface area (Å²) in [6.07, 6.45) is 1.64. The van der Waals surface area contributed by atoms with Crippen LogP contribution in [0.15, 0.2) is 49.1 Å². The molecule has 0 saturated heterocycles. The van der Waals surface area contributed by atoms with Crippen molar-refractivity contribution in [2.75, 3.05) is 11.9 Å². The predicted octanol–water partition coefficient (Wildman–Crippen LogP) is 4.28. The Hall–Kier alpha value is -2.43. The Morgan fingerprint density at radius 2 is 1.67 bits per heavy atom. The first-order valence-corrected chi connectivity index (χ1v) is 6.31. The predicted molar refractivity (Wildman–Crippen MR) is 75.8 cm³/mol. The molecule has 0 spiro atoms. The van der Waals surface area contributed by atoms with E-state index in [2.05, 4.69) is 11.9 Å². The standard InChI is InChI=1S/C16H14F3NO/c1-2-7-21-12-5-3-11(4-6-12)10-20-16-9-14(18)13(17)8-15(16)19/h2-6,8-9,20H,1,7,10H2. The second kappa shape index (κ2) is 6.83. The lowest BCUT2D eigenvalue weighted by Crippen LogP contribution is -2.03. The van der Waals surface area contributed by atoms with E-state index in [4.69, 9.17) is 4.74 Å². The maximum atomic E-state index is 13.4. The zero-order valence-electron chi connectivity index (χ0n) is 11.2. The van der Waals surface area contributed by atoms with Crippen molar-refractivity contribution in [3.63, 3.8) is 0 Å². The Labute approximate surface area is 120 Å². The van der Waals surface area contributed by atoms with Gasteiger partial charge in [-0.05, 0) is 17.7 Å². The fourth-order valence-corrected chi connectivity index (χ4v) is 1.71. The molecule has 21 heavy (non-hydrogen) atoms. The average Bonchev–Trinajstić information content (AvgIpc) is 2.48. The van der Waals surface area contributed by atoms with E-state index in [1.54, 1.807) is 30.3 Å². The first-order chi connectivity index (χ1) is 10.1. The van der Waals surface area contributed by atoms with Gasteiger partial charge in [-0.3, -0.25) is 0 Å². The van der Waals surface area contributed by atoms with Crippen LogP contribution in [0, 0.1) is 17.5 Å². The molecule has 0 amide bonds. The summed E-state index contributed by atoms with van der Waals surface area (Å²) in [4.78, 5) is 0. The molecule has 0 heterocycles. The third kappa shape index (κ3) is 4.02. The van der Waals surface area contributed by atoms with Crippen molar-refractivity contribution in [3.05, 3.63) is 72.1 Å². The van der Waals surface area contributed by atoms with Crippen molar-refractivity contribution in [3.8, 4) is 5.75 Å². The van der Waals surface area contributed by atoms with Crippen molar-refractivity contribution in [2.24, 2.45) is 0 Å². The summed E-state index contributed by atoms with van der Waals surface area (Å²) in [6, 6.07) is 8.44. The first kappa shape index (κ1) is 15.0. The maximum Gasteiger partial charge on any atom is 0.161 e. The molecule has 0 aliphatic carbocycles. The van der Waals surface area contributed by atoms with E-state index in [9.17, 15) is 13.2 Å². The molecule has 2 aromatic rings. The number of nitrogens with one attached hydrogen (secondary N) is 1. The monoisotopic (exact) mass is 293 g/mol. The topological polar surface area (TPSA) is 21.3 Å². The summed E-state index contributed by atoms with van der Waals surface area (Å²) in [5.74, 6) is -2.44. The van der Waals surface area contributed by atoms with E-state index in [0.717, 1.165) is 11.6 Å². The molecule has 2 rings (SSSR count). The summed E-state index contributed by atoms with van der Waals surface area (Å²) < 4.78 is 44.6. The third-order valence-electron chi connectivity index (χ3n) is 2.78. The number of ether oxygens (including phenoxy) is 1. The van der Waals surface area contributed by atoms with Gasteiger partial charge < -0.3 is 10.1 Å². The fourth-order valence-electron chi connectivity index (χ4n) is 1.71. The zero-order chi connectivity index (χ0) is 15.2. The number of anilines is 1. The highest BCUT2D eigenvalue weighted by molar-refractivity contribution is 5.46. The molecule has 0 radical (unpaired) electrons. The van der Waals surface area contributed by atoms with Crippen LogP contribution >= 0.6 is 0 Å². The second-order valence-corrected chi connectivity index (χ2v) is 4.34. The molecule has 0 bridgehead atoms. The van der Waals surface area contributed by atoms with Gasteiger partial charge in [0, 0.05) is 18.7 Å². The molecule has 0 atom stereocenters. The van der Waals surface area contributed by atoms with Crippen LogP contribution in [0.1, 0.15) is 5.56 Å². The lowest BCUT2D eigenvalue weighted by molar-refractivity contribution is 0.363.